The van der Waals surface area contributed by atoms with E-state index in [0.29, 0.717) is 16.1 Å². The minimum Gasteiger partial charge on any atom is -0.325 e. The Labute approximate surface area is 185 Å². The molecule has 3 aromatic rings. The lowest BCUT2D eigenvalue weighted by molar-refractivity contribution is -0.137. The summed E-state index contributed by atoms with van der Waals surface area (Å²) in [5.41, 5.74) is -0.884. The lowest BCUT2D eigenvalue weighted by atomic mass is 10.2. The molecule has 0 aliphatic heterocycles. The fourth-order valence-electron chi connectivity index (χ4n) is 2.74. The Bertz CT molecular complexity index is 1170. The number of rotatable bonds is 6. The van der Waals surface area contributed by atoms with Gasteiger partial charge in [-0.15, -0.1) is 0 Å². The Hall–Kier alpha value is -2.85. The SMILES string of the molecule is O=C(CN(c1cccc(C(F)(F)F)c1)S(=O)(=O)c1ccccc1)Nc1ccc(Br)cc1. The van der Waals surface area contributed by atoms with E-state index in [-0.39, 0.29) is 10.6 Å². The van der Waals surface area contributed by atoms with Crippen molar-refractivity contribution < 1.29 is 26.4 Å². The zero-order valence-electron chi connectivity index (χ0n) is 15.8. The fourth-order valence-corrected chi connectivity index (χ4v) is 4.43. The number of halogens is 4. The molecule has 0 aliphatic rings. The summed E-state index contributed by atoms with van der Waals surface area (Å²) in [7, 11) is -4.31. The number of amides is 1. The summed E-state index contributed by atoms with van der Waals surface area (Å²) < 4.78 is 67.4. The quantitative estimate of drug-likeness (QED) is 0.487. The van der Waals surface area contributed by atoms with Crippen molar-refractivity contribution in [3.8, 4) is 0 Å². The van der Waals surface area contributed by atoms with Crippen LogP contribution in [0.25, 0.3) is 0 Å². The highest BCUT2D eigenvalue weighted by Gasteiger charge is 2.33. The molecule has 0 saturated carbocycles. The van der Waals surface area contributed by atoms with Gasteiger partial charge in [-0.3, -0.25) is 9.10 Å². The smallest absolute Gasteiger partial charge is 0.325 e. The highest BCUT2D eigenvalue weighted by molar-refractivity contribution is 9.10. The van der Waals surface area contributed by atoms with Crippen LogP contribution in [-0.2, 0) is 21.0 Å². The molecule has 0 heterocycles. The van der Waals surface area contributed by atoms with E-state index in [1.165, 1.54) is 30.3 Å². The number of hydrogen-bond acceptors (Lipinski definition) is 3. The second kappa shape index (κ2) is 9.11. The summed E-state index contributed by atoms with van der Waals surface area (Å²) in [6.45, 7) is -0.714. The number of benzene rings is 3. The molecule has 0 unspecified atom stereocenters. The van der Waals surface area contributed by atoms with Gasteiger partial charge in [-0.2, -0.15) is 13.2 Å². The molecule has 0 aliphatic carbocycles. The van der Waals surface area contributed by atoms with Crippen molar-refractivity contribution >= 4 is 43.2 Å². The molecule has 31 heavy (non-hydrogen) atoms. The summed E-state index contributed by atoms with van der Waals surface area (Å²) in [6, 6.07) is 17.6. The molecule has 0 atom stereocenters. The first-order valence-electron chi connectivity index (χ1n) is 8.88. The monoisotopic (exact) mass is 512 g/mol. The van der Waals surface area contributed by atoms with Crippen molar-refractivity contribution in [1.82, 2.24) is 0 Å². The number of carbonyl (C=O) groups excluding carboxylic acids is 1. The molecule has 0 radical (unpaired) electrons. The van der Waals surface area contributed by atoms with E-state index in [2.05, 4.69) is 21.2 Å². The van der Waals surface area contributed by atoms with Crippen LogP contribution in [0.15, 0.2) is 88.2 Å². The maximum atomic E-state index is 13.2. The maximum absolute atomic E-state index is 13.2. The van der Waals surface area contributed by atoms with Crippen LogP contribution in [0.4, 0.5) is 24.5 Å². The average Bonchev–Trinajstić information content (AvgIpc) is 2.74. The second-order valence-corrected chi connectivity index (χ2v) is 9.21. The summed E-state index contributed by atoms with van der Waals surface area (Å²) in [4.78, 5) is 12.4. The predicted octanol–water partition coefficient (Wildman–Crippen LogP) is 5.30. The Kier molecular flexibility index (Phi) is 6.71. The van der Waals surface area contributed by atoms with Crippen LogP contribution >= 0.6 is 15.9 Å². The molecule has 10 heteroatoms. The Morgan fingerprint density at radius 2 is 1.58 bits per heavy atom. The van der Waals surface area contributed by atoms with Gasteiger partial charge in [0.2, 0.25) is 5.91 Å². The van der Waals surface area contributed by atoms with Crippen LogP contribution in [0.5, 0.6) is 0 Å². The fraction of sp³-hybridized carbons (Fsp3) is 0.0952. The standard InChI is InChI=1S/C21H16BrF3N2O3S/c22-16-9-11-17(12-10-16)26-20(28)14-27(31(29,30)19-7-2-1-3-8-19)18-6-4-5-15(13-18)21(23,24)25/h1-13H,14H2,(H,26,28). The van der Waals surface area contributed by atoms with E-state index in [1.807, 2.05) is 0 Å². The molecule has 0 bridgehead atoms. The summed E-state index contributed by atoms with van der Waals surface area (Å²) >= 11 is 3.27. The van der Waals surface area contributed by atoms with Crippen molar-refractivity contribution in [2.24, 2.45) is 0 Å². The van der Waals surface area contributed by atoms with Crippen molar-refractivity contribution in [1.29, 1.82) is 0 Å². The van der Waals surface area contributed by atoms with Crippen molar-refractivity contribution in [3.63, 3.8) is 0 Å². The van der Waals surface area contributed by atoms with Gasteiger partial charge in [0.15, 0.2) is 0 Å². The normalized spacial score (nSPS) is 11.7. The molecule has 3 aromatic carbocycles. The molecule has 1 amide bonds. The lowest BCUT2D eigenvalue weighted by Crippen LogP contribution is -2.38. The van der Waals surface area contributed by atoms with Gasteiger partial charge in [0.1, 0.15) is 6.54 Å². The Balaban J connectivity index is 1.99. The molecule has 3 rings (SSSR count). The summed E-state index contributed by atoms with van der Waals surface area (Å²) in [5, 5.41) is 2.55. The van der Waals surface area contributed by atoms with E-state index in [9.17, 15) is 26.4 Å². The lowest BCUT2D eigenvalue weighted by Gasteiger charge is -2.25. The van der Waals surface area contributed by atoms with E-state index < -0.39 is 34.2 Å². The Morgan fingerprint density at radius 3 is 2.19 bits per heavy atom. The third kappa shape index (κ3) is 5.65. The number of carbonyl (C=O) groups is 1. The largest absolute Gasteiger partial charge is 0.416 e. The number of nitrogens with zero attached hydrogens (tertiary/aromatic N) is 1. The molecule has 162 valence electrons. The van der Waals surface area contributed by atoms with Crippen LogP contribution < -0.4 is 9.62 Å². The first kappa shape index (κ1) is 22.8. The van der Waals surface area contributed by atoms with Gasteiger partial charge in [0.25, 0.3) is 10.0 Å². The topological polar surface area (TPSA) is 66.5 Å². The molecule has 5 nitrogen and oxygen atoms in total. The molecular weight excluding hydrogens is 497 g/mol. The van der Waals surface area contributed by atoms with E-state index in [4.69, 9.17) is 0 Å². The molecule has 0 spiro atoms. The van der Waals surface area contributed by atoms with Crippen LogP contribution in [0.1, 0.15) is 5.56 Å². The van der Waals surface area contributed by atoms with E-state index in [0.717, 1.165) is 16.6 Å². The molecule has 0 saturated heterocycles. The third-order valence-electron chi connectivity index (χ3n) is 4.21. The van der Waals surface area contributed by atoms with Crippen molar-refractivity contribution in [2.45, 2.75) is 11.1 Å². The number of anilines is 2. The number of nitrogens with one attached hydrogen (secondary N) is 1. The third-order valence-corrected chi connectivity index (χ3v) is 6.52. The van der Waals surface area contributed by atoms with Crippen LogP contribution in [0.2, 0.25) is 0 Å². The van der Waals surface area contributed by atoms with Gasteiger partial charge in [-0.25, -0.2) is 8.42 Å². The first-order valence-corrected chi connectivity index (χ1v) is 11.1. The highest BCUT2D eigenvalue weighted by Crippen LogP contribution is 2.33. The van der Waals surface area contributed by atoms with E-state index >= 15 is 0 Å². The van der Waals surface area contributed by atoms with Gasteiger partial charge in [-0.05, 0) is 54.6 Å². The van der Waals surface area contributed by atoms with Crippen LogP contribution in [-0.4, -0.2) is 20.9 Å². The van der Waals surface area contributed by atoms with Gasteiger partial charge < -0.3 is 5.32 Å². The van der Waals surface area contributed by atoms with Gasteiger partial charge in [-0.1, -0.05) is 40.2 Å². The summed E-state index contributed by atoms with van der Waals surface area (Å²) in [5.74, 6) is -0.709. The molecular formula is C21H16BrF3N2O3S. The van der Waals surface area contributed by atoms with Crippen molar-refractivity contribution in [2.75, 3.05) is 16.2 Å². The van der Waals surface area contributed by atoms with E-state index in [1.54, 1.807) is 30.3 Å². The van der Waals surface area contributed by atoms with Crippen LogP contribution in [0, 0.1) is 0 Å². The van der Waals surface area contributed by atoms with Gasteiger partial charge in [0.05, 0.1) is 16.1 Å². The minimum atomic E-state index is -4.67. The zero-order chi connectivity index (χ0) is 22.6. The summed E-state index contributed by atoms with van der Waals surface area (Å²) in [6.07, 6.45) is -4.67. The Morgan fingerprint density at radius 1 is 0.935 bits per heavy atom. The maximum Gasteiger partial charge on any atom is 0.416 e. The predicted molar refractivity (Wildman–Crippen MR) is 115 cm³/mol. The first-order chi connectivity index (χ1) is 14.6. The van der Waals surface area contributed by atoms with Gasteiger partial charge >= 0.3 is 6.18 Å². The number of sulfonamides is 1. The highest BCUT2D eigenvalue weighted by atomic mass is 79.9. The second-order valence-electron chi connectivity index (χ2n) is 6.43. The number of hydrogen-bond donors (Lipinski definition) is 1. The average molecular weight is 513 g/mol. The van der Waals surface area contributed by atoms with Gasteiger partial charge in [0, 0.05) is 10.2 Å². The van der Waals surface area contributed by atoms with Crippen molar-refractivity contribution in [3.05, 3.63) is 88.9 Å². The molecule has 0 aromatic heterocycles. The molecule has 1 N–H and O–H groups in total. The van der Waals surface area contributed by atoms with Crippen LogP contribution in [0.3, 0.4) is 0 Å². The molecule has 0 fully saturated rings. The zero-order valence-corrected chi connectivity index (χ0v) is 18.2. The minimum absolute atomic E-state index is 0.149. The number of alkyl halides is 3.